The fraction of sp³-hybridized carbons (Fsp3) is 0.789. The van der Waals surface area contributed by atoms with Crippen LogP contribution in [0, 0.1) is 11.8 Å². The Bertz CT molecular complexity index is 389. The number of Topliss-reactive ketones (excluding diaryl/α,β-unsaturated/α-hetero) is 1. The average Bonchev–Trinajstić information content (AvgIpc) is 2.87. The second-order valence-corrected chi connectivity index (χ2v) is 6.70. The van der Waals surface area contributed by atoms with E-state index >= 15 is 0 Å². The molecular formula is C19H32O4. The van der Waals surface area contributed by atoms with Gasteiger partial charge in [-0.2, -0.15) is 0 Å². The molecule has 1 aliphatic rings. The lowest BCUT2D eigenvalue weighted by atomic mass is 9.86. The van der Waals surface area contributed by atoms with Gasteiger partial charge in [-0.3, -0.25) is 4.79 Å². The van der Waals surface area contributed by atoms with Crippen LogP contribution >= 0.6 is 0 Å². The highest BCUT2D eigenvalue weighted by atomic mass is 16.4. The molecule has 0 aromatic rings. The number of carboxylic acids is 1. The number of aliphatic hydroxyl groups excluding tert-OH is 1. The van der Waals surface area contributed by atoms with E-state index in [0.29, 0.717) is 24.5 Å². The number of allylic oxidation sites excluding steroid dienone is 2. The number of unbranched alkanes of at least 4 members (excludes halogenated alkanes) is 3. The van der Waals surface area contributed by atoms with Crippen molar-refractivity contribution in [1.82, 2.24) is 0 Å². The molecule has 23 heavy (non-hydrogen) atoms. The van der Waals surface area contributed by atoms with Crippen molar-refractivity contribution >= 4 is 11.8 Å². The lowest BCUT2D eigenvalue weighted by Gasteiger charge is -2.18. The largest absolute Gasteiger partial charge is 0.479 e. The summed E-state index contributed by atoms with van der Waals surface area (Å²) in [6, 6.07) is 0. The Balaban J connectivity index is 2.23. The summed E-state index contributed by atoms with van der Waals surface area (Å²) in [5.74, 6) is -0.102. The maximum Gasteiger partial charge on any atom is 0.332 e. The van der Waals surface area contributed by atoms with E-state index in [2.05, 4.69) is 19.1 Å². The molecule has 0 radical (unpaired) electrons. The van der Waals surface area contributed by atoms with Gasteiger partial charge in [0.1, 0.15) is 5.78 Å². The van der Waals surface area contributed by atoms with E-state index in [1.165, 1.54) is 6.42 Å². The Labute approximate surface area is 140 Å². The SMILES string of the molecule is CCCC=CCCC[C@H]1CCC(=O)[C@@H]1CCCCC(O)C(=O)O. The minimum Gasteiger partial charge on any atom is -0.479 e. The van der Waals surface area contributed by atoms with Crippen LogP contribution in [0.1, 0.15) is 77.6 Å². The molecule has 4 heteroatoms. The van der Waals surface area contributed by atoms with Gasteiger partial charge in [-0.1, -0.05) is 38.3 Å². The average molecular weight is 324 g/mol. The van der Waals surface area contributed by atoms with Crippen LogP contribution in [0.5, 0.6) is 0 Å². The molecule has 0 heterocycles. The molecule has 4 nitrogen and oxygen atoms in total. The lowest BCUT2D eigenvalue weighted by Crippen LogP contribution is -2.19. The van der Waals surface area contributed by atoms with Gasteiger partial charge < -0.3 is 10.2 Å². The van der Waals surface area contributed by atoms with Gasteiger partial charge in [-0.25, -0.2) is 4.79 Å². The molecule has 1 aliphatic carbocycles. The number of aliphatic carboxylic acids is 1. The van der Waals surface area contributed by atoms with Gasteiger partial charge in [0.15, 0.2) is 6.10 Å². The van der Waals surface area contributed by atoms with E-state index < -0.39 is 12.1 Å². The topological polar surface area (TPSA) is 74.6 Å². The van der Waals surface area contributed by atoms with E-state index in [-0.39, 0.29) is 12.3 Å². The standard InChI is InChI=1S/C19H32O4/c1-2-3-4-5-6-7-10-15-13-14-17(20)16(15)11-8-9-12-18(21)19(22)23/h4-5,15-16,18,21H,2-3,6-14H2,1H3,(H,22,23)/t15-,16+,18?/m0/s1. The molecule has 1 rings (SSSR count). The van der Waals surface area contributed by atoms with Crippen molar-refractivity contribution in [2.24, 2.45) is 11.8 Å². The van der Waals surface area contributed by atoms with Crippen LogP contribution in [0.4, 0.5) is 0 Å². The Morgan fingerprint density at radius 3 is 2.65 bits per heavy atom. The van der Waals surface area contributed by atoms with Crippen LogP contribution in [0.2, 0.25) is 0 Å². The van der Waals surface area contributed by atoms with Crippen LogP contribution in [0.3, 0.4) is 0 Å². The van der Waals surface area contributed by atoms with E-state index in [1.54, 1.807) is 0 Å². The van der Waals surface area contributed by atoms with Crippen LogP contribution in [0.15, 0.2) is 12.2 Å². The van der Waals surface area contributed by atoms with Crippen molar-refractivity contribution in [2.75, 3.05) is 0 Å². The molecule has 0 bridgehead atoms. The maximum absolute atomic E-state index is 12.0. The molecule has 0 spiro atoms. The van der Waals surface area contributed by atoms with Crippen LogP contribution in [0.25, 0.3) is 0 Å². The summed E-state index contributed by atoms with van der Waals surface area (Å²) in [4.78, 5) is 22.6. The number of hydrogen-bond acceptors (Lipinski definition) is 3. The summed E-state index contributed by atoms with van der Waals surface area (Å²) in [5.41, 5.74) is 0. The Hall–Kier alpha value is -1.16. The van der Waals surface area contributed by atoms with Crippen LogP contribution in [-0.4, -0.2) is 28.1 Å². The first-order valence-electron chi connectivity index (χ1n) is 9.14. The normalized spacial score (nSPS) is 22.8. The molecule has 0 amide bonds. The maximum atomic E-state index is 12.0. The lowest BCUT2D eigenvalue weighted by molar-refractivity contribution is -0.147. The fourth-order valence-corrected chi connectivity index (χ4v) is 3.45. The quantitative estimate of drug-likeness (QED) is 0.418. The third kappa shape index (κ3) is 7.78. The molecule has 132 valence electrons. The number of ketones is 1. The summed E-state index contributed by atoms with van der Waals surface area (Å²) in [5, 5.41) is 17.9. The monoisotopic (exact) mass is 324 g/mol. The van der Waals surface area contributed by atoms with Crippen molar-refractivity contribution < 1.29 is 19.8 Å². The molecule has 2 N–H and O–H groups in total. The van der Waals surface area contributed by atoms with Gasteiger partial charge >= 0.3 is 5.97 Å². The first-order valence-corrected chi connectivity index (χ1v) is 9.14. The van der Waals surface area contributed by atoms with Gasteiger partial charge in [0.25, 0.3) is 0 Å². The van der Waals surface area contributed by atoms with Crippen LogP contribution < -0.4 is 0 Å². The smallest absolute Gasteiger partial charge is 0.332 e. The number of carboxylic acid groups (broad SMARTS) is 1. The Morgan fingerprint density at radius 1 is 1.22 bits per heavy atom. The van der Waals surface area contributed by atoms with Crippen molar-refractivity contribution in [3.05, 3.63) is 12.2 Å². The second-order valence-electron chi connectivity index (χ2n) is 6.70. The van der Waals surface area contributed by atoms with Crippen LogP contribution in [-0.2, 0) is 9.59 Å². The number of rotatable bonds is 12. The first-order chi connectivity index (χ1) is 11.1. The third-order valence-corrected chi connectivity index (χ3v) is 4.84. The second kappa shape index (κ2) is 11.4. The van der Waals surface area contributed by atoms with E-state index in [4.69, 9.17) is 5.11 Å². The van der Waals surface area contributed by atoms with E-state index in [0.717, 1.165) is 44.9 Å². The highest BCUT2D eigenvalue weighted by Crippen LogP contribution is 2.36. The number of hydrogen-bond donors (Lipinski definition) is 2. The van der Waals surface area contributed by atoms with Gasteiger partial charge in [0, 0.05) is 12.3 Å². The summed E-state index contributed by atoms with van der Waals surface area (Å²) in [7, 11) is 0. The molecule has 0 aliphatic heterocycles. The van der Waals surface area contributed by atoms with Crippen molar-refractivity contribution in [3.8, 4) is 0 Å². The summed E-state index contributed by atoms with van der Waals surface area (Å²) >= 11 is 0. The zero-order valence-corrected chi connectivity index (χ0v) is 14.4. The number of carbonyl (C=O) groups excluding carboxylic acids is 1. The van der Waals surface area contributed by atoms with Gasteiger partial charge in [-0.05, 0) is 50.9 Å². The Morgan fingerprint density at radius 2 is 1.96 bits per heavy atom. The molecule has 1 saturated carbocycles. The predicted molar refractivity (Wildman–Crippen MR) is 91.2 cm³/mol. The van der Waals surface area contributed by atoms with Crippen molar-refractivity contribution in [3.63, 3.8) is 0 Å². The zero-order valence-electron chi connectivity index (χ0n) is 14.4. The molecule has 3 atom stereocenters. The van der Waals surface area contributed by atoms with Gasteiger partial charge in [0.05, 0.1) is 0 Å². The zero-order chi connectivity index (χ0) is 17.1. The van der Waals surface area contributed by atoms with Gasteiger partial charge in [0.2, 0.25) is 0 Å². The Kier molecular flexibility index (Phi) is 9.85. The molecule has 1 unspecified atom stereocenters. The molecule has 0 saturated heterocycles. The van der Waals surface area contributed by atoms with Gasteiger partial charge in [-0.15, -0.1) is 0 Å². The molecule has 0 aromatic heterocycles. The summed E-state index contributed by atoms with van der Waals surface area (Å²) < 4.78 is 0. The van der Waals surface area contributed by atoms with Crippen molar-refractivity contribution in [1.29, 1.82) is 0 Å². The fourth-order valence-electron chi connectivity index (χ4n) is 3.45. The minimum atomic E-state index is -1.26. The first kappa shape index (κ1) is 19.9. The highest BCUT2D eigenvalue weighted by molar-refractivity contribution is 5.83. The summed E-state index contributed by atoms with van der Waals surface area (Å²) in [6.07, 6.45) is 13.3. The highest BCUT2D eigenvalue weighted by Gasteiger charge is 2.33. The van der Waals surface area contributed by atoms with Crippen molar-refractivity contribution in [2.45, 2.75) is 83.7 Å². The van der Waals surface area contributed by atoms with E-state index in [1.807, 2.05) is 0 Å². The predicted octanol–water partition coefficient (Wildman–Crippen LogP) is 4.11. The third-order valence-electron chi connectivity index (χ3n) is 4.84. The summed E-state index contributed by atoms with van der Waals surface area (Å²) in [6.45, 7) is 2.18. The van der Waals surface area contributed by atoms with E-state index in [9.17, 15) is 14.7 Å². The molecular weight excluding hydrogens is 292 g/mol. The minimum absolute atomic E-state index is 0.164. The molecule has 1 fully saturated rings. The molecule has 0 aromatic carbocycles. The number of carbonyl (C=O) groups is 2. The number of aliphatic hydroxyl groups is 1.